The molecular weight excluding hydrogens is 456 g/mol. The summed E-state index contributed by atoms with van der Waals surface area (Å²) in [5.74, 6) is 0.0844. The van der Waals surface area contributed by atoms with Crippen LogP contribution in [0.4, 0.5) is 0 Å². The van der Waals surface area contributed by atoms with Crippen molar-refractivity contribution in [1.29, 1.82) is 0 Å². The highest BCUT2D eigenvalue weighted by Crippen LogP contribution is 2.60. The van der Waals surface area contributed by atoms with Gasteiger partial charge in [-0.1, -0.05) is 48.3 Å². The van der Waals surface area contributed by atoms with Gasteiger partial charge in [0.2, 0.25) is 0 Å². The Morgan fingerprint density at radius 2 is 2.00 bits per heavy atom. The van der Waals surface area contributed by atoms with Gasteiger partial charge in [-0.05, 0) is 56.8 Å². The lowest BCUT2D eigenvalue weighted by atomic mass is 9.51. The van der Waals surface area contributed by atoms with Gasteiger partial charge in [-0.15, -0.1) is 0 Å². The highest BCUT2D eigenvalue weighted by molar-refractivity contribution is 6.13. The van der Waals surface area contributed by atoms with Crippen molar-refractivity contribution in [2.45, 2.75) is 56.1 Å². The lowest BCUT2D eigenvalue weighted by Crippen LogP contribution is -2.60. The Bertz CT molecular complexity index is 1210. The average Bonchev–Trinajstić information content (AvgIpc) is 3.35. The molecule has 2 aromatic carbocycles. The first kappa shape index (κ1) is 23.3. The van der Waals surface area contributed by atoms with Crippen LogP contribution in [0, 0.1) is 11.8 Å². The van der Waals surface area contributed by atoms with Crippen LogP contribution >= 0.6 is 0 Å². The molecule has 6 rings (SSSR count). The quantitative estimate of drug-likeness (QED) is 0.642. The van der Waals surface area contributed by atoms with Gasteiger partial charge in [0, 0.05) is 28.1 Å². The SMILES string of the molecule is COC(=O)[C@@H]1C(c2ccccc2)=NO[C@H]1c1cc(OC)c(O)c2c1CC1C3CCCCC23CCN1C. The maximum Gasteiger partial charge on any atom is 0.319 e. The van der Waals surface area contributed by atoms with Crippen molar-refractivity contribution in [2.24, 2.45) is 17.0 Å². The summed E-state index contributed by atoms with van der Waals surface area (Å²) < 4.78 is 11.0. The first-order chi connectivity index (χ1) is 17.5. The summed E-state index contributed by atoms with van der Waals surface area (Å²) in [6.07, 6.45) is 5.78. The van der Waals surface area contributed by atoms with Crippen LogP contribution in [0.5, 0.6) is 11.5 Å². The number of benzene rings is 2. The maximum absolute atomic E-state index is 13.2. The molecule has 2 bridgehead atoms. The summed E-state index contributed by atoms with van der Waals surface area (Å²) in [6, 6.07) is 11.9. The first-order valence-corrected chi connectivity index (χ1v) is 13.0. The Balaban J connectivity index is 1.53. The Hall–Kier alpha value is -3.06. The summed E-state index contributed by atoms with van der Waals surface area (Å²) in [7, 11) is 5.20. The average molecular weight is 491 g/mol. The van der Waals surface area contributed by atoms with Crippen molar-refractivity contribution >= 4 is 11.7 Å². The molecule has 1 N–H and O–H groups in total. The minimum Gasteiger partial charge on any atom is -0.504 e. The Kier molecular flexibility index (Phi) is 5.71. The van der Waals surface area contributed by atoms with Crippen molar-refractivity contribution in [3.63, 3.8) is 0 Å². The smallest absolute Gasteiger partial charge is 0.319 e. The molecule has 1 saturated carbocycles. The second-order valence-corrected chi connectivity index (χ2v) is 10.8. The molecule has 0 amide bonds. The van der Waals surface area contributed by atoms with Crippen LogP contribution in [0.15, 0.2) is 41.6 Å². The zero-order valence-corrected chi connectivity index (χ0v) is 21.2. The molecule has 2 heterocycles. The van der Waals surface area contributed by atoms with Crippen LogP contribution in [0.1, 0.15) is 60.5 Å². The lowest BCUT2D eigenvalue weighted by molar-refractivity contribution is -0.146. The molecule has 2 aromatic rings. The third kappa shape index (κ3) is 3.28. The third-order valence-corrected chi connectivity index (χ3v) is 9.27. The molecule has 7 heteroatoms. The maximum atomic E-state index is 13.2. The van der Waals surface area contributed by atoms with Crippen molar-refractivity contribution < 1.29 is 24.2 Å². The molecule has 7 nitrogen and oxygen atoms in total. The van der Waals surface area contributed by atoms with Crippen molar-refractivity contribution in [1.82, 2.24) is 4.90 Å². The number of phenolic OH excluding ortho intramolecular Hbond substituents is 1. The molecule has 5 atom stereocenters. The number of carbonyl (C=O) groups excluding carboxylic acids is 1. The Labute approximate surface area is 212 Å². The third-order valence-electron chi connectivity index (χ3n) is 9.27. The van der Waals surface area contributed by atoms with Gasteiger partial charge in [-0.25, -0.2) is 0 Å². The highest BCUT2D eigenvalue weighted by atomic mass is 16.6. The van der Waals surface area contributed by atoms with Crippen LogP contribution in [0.25, 0.3) is 0 Å². The molecule has 2 fully saturated rings. The number of esters is 1. The molecule has 0 spiro atoms. The molecule has 2 aliphatic carbocycles. The monoisotopic (exact) mass is 490 g/mol. The molecule has 2 aliphatic heterocycles. The predicted molar refractivity (Wildman–Crippen MR) is 135 cm³/mol. The highest BCUT2D eigenvalue weighted by Gasteiger charge is 2.56. The van der Waals surface area contributed by atoms with E-state index in [-0.39, 0.29) is 17.1 Å². The lowest BCUT2D eigenvalue weighted by Gasteiger charge is -2.58. The van der Waals surface area contributed by atoms with Crippen LogP contribution < -0.4 is 4.74 Å². The van der Waals surface area contributed by atoms with E-state index in [0.717, 1.165) is 54.5 Å². The number of phenols is 1. The Morgan fingerprint density at radius 3 is 2.75 bits per heavy atom. The number of piperidine rings is 1. The normalized spacial score (nSPS) is 31.0. The summed E-state index contributed by atoms with van der Waals surface area (Å²) >= 11 is 0. The zero-order valence-electron chi connectivity index (χ0n) is 21.2. The van der Waals surface area contributed by atoms with E-state index in [9.17, 15) is 9.90 Å². The number of methoxy groups -OCH3 is 2. The summed E-state index contributed by atoms with van der Waals surface area (Å²) in [5.41, 5.74) is 4.29. The van der Waals surface area contributed by atoms with Crippen molar-refractivity contribution in [3.8, 4) is 11.5 Å². The number of hydrogen-bond donors (Lipinski definition) is 1. The number of aromatic hydroxyl groups is 1. The molecular formula is C29H34N2O5. The molecule has 190 valence electrons. The van der Waals surface area contributed by atoms with E-state index in [1.807, 2.05) is 36.4 Å². The van der Waals surface area contributed by atoms with E-state index in [2.05, 4.69) is 17.1 Å². The minimum atomic E-state index is -0.713. The van der Waals surface area contributed by atoms with E-state index in [1.54, 1.807) is 7.11 Å². The zero-order chi connectivity index (χ0) is 25.0. The first-order valence-electron chi connectivity index (χ1n) is 13.0. The van der Waals surface area contributed by atoms with Crippen molar-refractivity contribution in [2.75, 3.05) is 27.8 Å². The van der Waals surface area contributed by atoms with E-state index in [1.165, 1.54) is 20.0 Å². The van der Waals surface area contributed by atoms with E-state index in [4.69, 9.17) is 14.3 Å². The van der Waals surface area contributed by atoms with Gasteiger partial charge in [0.15, 0.2) is 17.6 Å². The van der Waals surface area contributed by atoms with Gasteiger partial charge in [-0.2, -0.15) is 0 Å². The molecule has 36 heavy (non-hydrogen) atoms. The molecule has 3 unspecified atom stereocenters. The number of rotatable bonds is 4. The van der Waals surface area contributed by atoms with Crippen LogP contribution in [0.3, 0.4) is 0 Å². The second-order valence-electron chi connectivity index (χ2n) is 10.8. The number of hydrogen-bond acceptors (Lipinski definition) is 7. The van der Waals surface area contributed by atoms with E-state index >= 15 is 0 Å². The Morgan fingerprint density at radius 1 is 1.19 bits per heavy atom. The fourth-order valence-electron chi connectivity index (χ4n) is 7.62. The molecule has 0 aromatic heterocycles. The second kappa shape index (κ2) is 8.80. The summed E-state index contributed by atoms with van der Waals surface area (Å²) in [6.45, 7) is 1.01. The minimum absolute atomic E-state index is 0.0845. The number of oxime groups is 1. The molecule has 4 aliphatic rings. The number of carbonyl (C=O) groups is 1. The van der Waals surface area contributed by atoms with Crippen LogP contribution in [0.2, 0.25) is 0 Å². The van der Waals surface area contributed by atoms with Crippen molar-refractivity contribution in [3.05, 3.63) is 58.7 Å². The van der Waals surface area contributed by atoms with Gasteiger partial charge in [-0.3, -0.25) is 4.79 Å². The number of fused-ring (bicyclic) bond motifs is 1. The summed E-state index contributed by atoms with van der Waals surface area (Å²) in [5, 5.41) is 16.0. The van der Waals surface area contributed by atoms with E-state index in [0.29, 0.717) is 23.4 Å². The van der Waals surface area contributed by atoms with E-state index < -0.39 is 12.0 Å². The van der Waals surface area contributed by atoms with Gasteiger partial charge in [0.1, 0.15) is 11.6 Å². The molecule has 1 saturated heterocycles. The number of ether oxygens (including phenoxy) is 2. The standard InChI is InChI=1S/C29H34N2O5/c1-31-14-13-29-12-8-7-11-20(29)21(31)15-18-19(16-22(34-2)26(32)24(18)29)27-23(28(33)35-3)25(30-36-27)17-9-5-4-6-10-17/h4-6,9-10,16,20-21,23,27,32H,7-8,11-15H2,1-3H3/t20?,21?,23-,27+,29?/m1/s1. The fraction of sp³-hybridized carbons (Fsp3) is 0.517. The van der Waals surface area contributed by atoms with Gasteiger partial charge >= 0.3 is 5.97 Å². The van der Waals surface area contributed by atoms with Gasteiger partial charge < -0.3 is 24.3 Å². The topological polar surface area (TPSA) is 80.6 Å². The predicted octanol–water partition coefficient (Wildman–Crippen LogP) is 4.35. The number of nitrogens with zero attached hydrogens (tertiary/aromatic N) is 2. The van der Waals surface area contributed by atoms with Crippen LogP contribution in [-0.2, 0) is 26.2 Å². The van der Waals surface area contributed by atoms with Crippen LogP contribution in [-0.4, -0.2) is 55.5 Å². The van der Waals surface area contributed by atoms with Gasteiger partial charge in [0.05, 0.1) is 14.2 Å². The largest absolute Gasteiger partial charge is 0.504 e. The fourth-order valence-corrected chi connectivity index (χ4v) is 7.62. The summed E-state index contributed by atoms with van der Waals surface area (Å²) in [4.78, 5) is 21.7. The van der Waals surface area contributed by atoms with Gasteiger partial charge in [0.25, 0.3) is 0 Å². The number of likely N-dealkylation sites (N-methyl/N-ethyl adjacent to an activating group) is 1. The molecule has 0 radical (unpaired) electrons. The number of likely N-dealkylation sites (tertiary alicyclic amines) is 1.